The summed E-state index contributed by atoms with van der Waals surface area (Å²) >= 11 is 6.25. The van der Waals surface area contributed by atoms with Crippen molar-refractivity contribution in [3.8, 4) is 16.9 Å². The highest BCUT2D eigenvalue weighted by atomic mass is 32.2. The average Bonchev–Trinajstić information content (AvgIpc) is 3.46. The predicted molar refractivity (Wildman–Crippen MR) is 149 cm³/mol. The Hall–Kier alpha value is -3.32. The number of nitrogens with zero attached hydrogens (tertiary/aromatic N) is 4. The van der Waals surface area contributed by atoms with Crippen LogP contribution in [0.2, 0.25) is 0 Å². The van der Waals surface area contributed by atoms with Gasteiger partial charge in [0.15, 0.2) is 0 Å². The summed E-state index contributed by atoms with van der Waals surface area (Å²) in [4.78, 5) is 25.6. The van der Waals surface area contributed by atoms with Crippen LogP contribution >= 0.6 is 24.0 Å². The van der Waals surface area contributed by atoms with Gasteiger partial charge < -0.3 is 5.11 Å². The fourth-order valence-electron chi connectivity index (χ4n) is 4.40. The van der Waals surface area contributed by atoms with Crippen LogP contribution < -0.4 is 0 Å². The van der Waals surface area contributed by atoms with Gasteiger partial charge in [0, 0.05) is 30.4 Å². The van der Waals surface area contributed by atoms with Gasteiger partial charge in [-0.2, -0.15) is 9.40 Å². The molecule has 38 heavy (non-hydrogen) atoms. The molecule has 3 aromatic rings. The van der Waals surface area contributed by atoms with E-state index < -0.39 is 28.4 Å². The largest absolute Gasteiger partial charge is 0.480 e. The number of carbonyl (C=O) groups is 2. The number of thioether (sulfide) groups is 1. The van der Waals surface area contributed by atoms with Crippen LogP contribution in [0.25, 0.3) is 23.0 Å². The zero-order chi connectivity index (χ0) is 26.9. The molecule has 0 saturated carbocycles. The van der Waals surface area contributed by atoms with E-state index in [1.54, 1.807) is 41.2 Å². The number of para-hydroxylation sites is 1. The lowest BCUT2D eigenvalue weighted by molar-refractivity contribution is -0.140. The number of piperidine rings is 1. The van der Waals surface area contributed by atoms with Crippen LogP contribution in [0.5, 0.6) is 0 Å². The summed E-state index contributed by atoms with van der Waals surface area (Å²) < 4.78 is 30.0. The Morgan fingerprint density at radius 2 is 1.82 bits per heavy atom. The van der Waals surface area contributed by atoms with E-state index in [1.165, 1.54) is 4.31 Å². The number of amides is 1. The van der Waals surface area contributed by atoms with Crippen molar-refractivity contribution in [2.45, 2.75) is 24.2 Å². The van der Waals surface area contributed by atoms with Gasteiger partial charge in [0.05, 0.1) is 15.5 Å². The van der Waals surface area contributed by atoms with Crippen LogP contribution in [0.15, 0.2) is 70.6 Å². The highest BCUT2D eigenvalue weighted by Crippen LogP contribution is 2.35. The number of aliphatic carboxylic acids is 1. The zero-order valence-electron chi connectivity index (χ0n) is 20.2. The Morgan fingerprint density at radius 1 is 1.08 bits per heavy atom. The topological polar surface area (TPSA) is 113 Å². The van der Waals surface area contributed by atoms with Gasteiger partial charge in [0.1, 0.15) is 16.6 Å². The first-order valence-electron chi connectivity index (χ1n) is 12.0. The number of aromatic nitrogens is 2. The van der Waals surface area contributed by atoms with Crippen LogP contribution in [0.1, 0.15) is 24.8 Å². The number of sulfonamides is 1. The second-order valence-electron chi connectivity index (χ2n) is 8.87. The van der Waals surface area contributed by atoms with Gasteiger partial charge in [-0.05, 0) is 43.2 Å². The summed E-state index contributed by atoms with van der Waals surface area (Å²) in [6, 6.07) is 16.0. The van der Waals surface area contributed by atoms with Gasteiger partial charge in [0.25, 0.3) is 5.91 Å². The number of thiocarbonyl (C=S) groups is 1. The van der Waals surface area contributed by atoms with Crippen molar-refractivity contribution in [2.24, 2.45) is 0 Å². The molecule has 0 aliphatic carbocycles. The first-order valence-corrected chi connectivity index (χ1v) is 14.6. The van der Waals surface area contributed by atoms with E-state index in [-0.39, 0.29) is 14.1 Å². The molecule has 2 aliphatic heterocycles. The lowest BCUT2D eigenvalue weighted by atomic mass is 10.1. The highest BCUT2D eigenvalue weighted by molar-refractivity contribution is 8.26. The molecule has 1 N–H and O–H groups in total. The van der Waals surface area contributed by atoms with E-state index in [0.717, 1.165) is 41.6 Å². The molecule has 3 heterocycles. The van der Waals surface area contributed by atoms with E-state index in [2.05, 4.69) is 0 Å². The minimum atomic E-state index is -3.66. The zero-order valence-corrected chi connectivity index (χ0v) is 22.6. The number of carboxylic acids is 1. The summed E-state index contributed by atoms with van der Waals surface area (Å²) in [5.74, 6) is -1.66. The number of benzene rings is 2. The molecule has 12 heteroatoms. The van der Waals surface area contributed by atoms with Crippen molar-refractivity contribution in [1.82, 2.24) is 19.0 Å². The lowest BCUT2D eigenvalue weighted by Crippen LogP contribution is -2.35. The van der Waals surface area contributed by atoms with E-state index in [4.69, 9.17) is 22.4 Å². The second-order valence-corrected chi connectivity index (χ2v) is 12.5. The molecule has 2 aliphatic rings. The van der Waals surface area contributed by atoms with Crippen molar-refractivity contribution < 1.29 is 23.1 Å². The fraction of sp³-hybridized carbons (Fsp3) is 0.231. The molecule has 196 valence electrons. The van der Waals surface area contributed by atoms with Crippen molar-refractivity contribution in [2.75, 3.05) is 19.6 Å². The maximum atomic E-state index is 13.3. The minimum absolute atomic E-state index is 0.162. The van der Waals surface area contributed by atoms with Gasteiger partial charge >= 0.3 is 5.97 Å². The molecule has 2 saturated heterocycles. The van der Waals surface area contributed by atoms with Crippen LogP contribution in [-0.2, 0) is 19.6 Å². The van der Waals surface area contributed by atoms with Crippen LogP contribution in [0, 0.1) is 0 Å². The Bertz CT molecular complexity index is 1540. The Kier molecular flexibility index (Phi) is 7.48. The predicted octanol–water partition coefficient (Wildman–Crippen LogP) is 4.00. The smallest absolute Gasteiger partial charge is 0.323 e. The Morgan fingerprint density at radius 3 is 2.53 bits per heavy atom. The third kappa shape index (κ3) is 5.30. The monoisotopic (exact) mass is 568 g/mol. The molecule has 5 rings (SSSR count). The lowest BCUT2D eigenvalue weighted by Gasteiger charge is -2.26. The molecule has 0 bridgehead atoms. The van der Waals surface area contributed by atoms with Gasteiger partial charge in [-0.3, -0.25) is 14.5 Å². The van der Waals surface area contributed by atoms with Gasteiger partial charge in [-0.15, -0.1) is 0 Å². The number of hydrogen-bond donors (Lipinski definition) is 1. The molecule has 2 aromatic carbocycles. The summed E-state index contributed by atoms with van der Waals surface area (Å²) in [5, 5.41) is 13.9. The highest BCUT2D eigenvalue weighted by Gasteiger charge is 2.34. The Labute approximate surface area is 229 Å². The van der Waals surface area contributed by atoms with E-state index in [9.17, 15) is 18.0 Å². The summed E-state index contributed by atoms with van der Waals surface area (Å²) in [6.07, 6.45) is 6.06. The van der Waals surface area contributed by atoms with Gasteiger partial charge in [-0.25, -0.2) is 13.1 Å². The standard InChI is InChI=1S/C26H24N4O5S3/c31-23(32)17-29-25(33)22(37-26(29)36)15-19-16-30(20-9-3-1-4-10-20)27-24(19)18-8-7-11-21(14-18)38(34,35)28-12-5-2-6-13-28/h1,3-4,7-11,14-16H,2,5-6,12-13,17H2,(H,31,32)/b22-15-. The van der Waals surface area contributed by atoms with E-state index in [0.29, 0.717) is 29.9 Å². The van der Waals surface area contributed by atoms with Gasteiger partial charge in [-0.1, -0.05) is 60.7 Å². The molecule has 1 aromatic heterocycles. The van der Waals surface area contributed by atoms with Crippen LogP contribution in [-0.4, -0.2) is 68.3 Å². The molecule has 0 radical (unpaired) electrons. The van der Waals surface area contributed by atoms with E-state index >= 15 is 0 Å². The molecule has 0 unspecified atom stereocenters. The molecular weight excluding hydrogens is 545 g/mol. The molecular formula is C26H24N4O5S3. The minimum Gasteiger partial charge on any atom is -0.480 e. The van der Waals surface area contributed by atoms with Crippen molar-refractivity contribution in [3.63, 3.8) is 0 Å². The number of rotatable bonds is 7. The Balaban J connectivity index is 1.58. The number of carbonyl (C=O) groups excluding carboxylic acids is 1. The summed E-state index contributed by atoms with van der Waals surface area (Å²) in [5.41, 5.74) is 2.40. The average molecular weight is 569 g/mol. The molecule has 1 amide bonds. The van der Waals surface area contributed by atoms with E-state index in [1.807, 2.05) is 30.3 Å². The summed E-state index contributed by atoms with van der Waals surface area (Å²) in [7, 11) is -3.66. The quantitative estimate of drug-likeness (QED) is 0.336. The number of hydrogen-bond acceptors (Lipinski definition) is 7. The second kappa shape index (κ2) is 10.8. The van der Waals surface area contributed by atoms with Gasteiger partial charge in [0.2, 0.25) is 10.0 Å². The SMILES string of the molecule is O=C(O)CN1C(=O)/C(=C/c2cn(-c3ccccc3)nc2-c2cccc(S(=O)(=O)N3CCCCC3)c2)SC1=S. The van der Waals surface area contributed by atoms with Crippen molar-refractivity contribution in [3.05, 3.63) is 71.3 Å². The third-order valence-electron chi connectivity index (χ3n) is 6.28. The van der Waals surface area contributed by atoms with Crippen LogP contribution in [0.3, 0.4) is 0 Å². The third-order valence-corrected chi connectivity index (χ3v) is 9.55. The maximum Gasteiger partial charge on any atom is 0.323 e. The first-order chi connectivity index (χ1) is 18.2. The van der Waals surface area contributed by atoms with Crippen molar-refractivity contribution in [1.29, 1.82) is 0 Å². The normalized spacial score (nSPS) is 17.9. The maximum absolute atomic E-state index is 13.3. The number of carboxylic acid groups (broad SMARTS) is 1. The molecule has 0 spiro atoms. The van der Waals surface area contributed by atoms with Crippen LogP contribution in [0.4, 0.5) is 0 Å². The summed E-state index contributed by atoms with van der Waals surface area (Å²) in [6.45, 7) is 0.478. The fourth-order valence-corrected chi connectivity index (χ4v) is 7.21. The molecule has 0 atom stereocenters. The van der Waals surface area contributed by atoms with Crippen molar-refractivity contribution >= 4 is 56.3 Å². The first kappa shape index (κ1) is 26.3. The molecule has 2 fully saturated rings. The molecule has 9 nitrogen and oxygen atoms in total.